The van der Waals surface area contributed by atoms with Gasteiger partial charge in [-0.25, -0.2) is 4.79 Å². The van der Waals surface area contributed by atoms with Gasteiger partial charge in [0.1, 0.15) is 17.1 Å². The van der Waals surface area contributed by atoms with Crippen LogP contribution in [0.1, 0.15) is 42.2 Å². The minimum atomic E-state index is -0.447. The Balaban J connectivity index is 1.80. The number of ether oxygens (including phenoxy) is 3. The SMILES string of the molecule is COC(=O)c1ccc(Cl)c(NC(=S)NC2CC(C)(C)Oc3cc(OC)ccc32)c1. The van der Waals surface area contributed by atoms with E-state index in [4.69, 9.17) is 38.0 Å². The van der Waals surface area contributed by atoms with E-state index < -0.39 is 5.97 Å². The van der Waals surface area contributed by atoms with Gasteiger partial charge in [-0.15, -0.1) is 0 Å². The second-order valence-electron chi connectivity index (χ2n) is 7.31. The molecule has 154 valence electrons. The number of carbonyl (C=O) groups excluding carboxylic acids is 1. The highest BCUT2D eigenvalue weighted by Gasteiger charge is 2.34. The fraction of sp³-hybridized carbons (Fsp3) is 0.333. The van der Waals surface area contributed by atoms with Crippen molar-refractivity contribution in [1.29, 1.82) is 0 Å². The van der Waals surface area contributed by atoms with E-state index >= 15 is 0 Å². The lowest BCUT2D eigenvalue weighted by Gasteiger charge is -2.38. The first-order chi connectivity index (χ1) is 13.7. The highest BCUT2D eigenvalue weighted by Crippen LogP contribution is 2.41. The van der Waals surface area contributed by atoms with Crippen molar-refractivity contribution < 1.29 is 19.0 Å². The molecule has 8 heteroatoms. The summed E-state index contributed by atoms with van der Waals surface area (Å²) in [5.74, 6) is 1.04. The van der Waals surface area contributed by atoms with E-state index in [1.165, 1.54) is 7.11 Å². The highest BCUT2D eigenvalue weighted by molar-refractivity contribution is 7.80. The summed E-state index contributed by atoms with van der Waals surface area (Å²) in [6.07, 6.45) is 0.712. The maximum atomic E-state index is 11.8. The van der Waals surface area contributed by atoms with E-state index in [-0.39, 0.29) is 11.6 Å². The molecule has 0 amide bonds. The van der Waals surface area contributed by atoms with Gasteiger partial charge in [-0.2, -0.15) is 0 Å². The third kappa shape index (κ3) is 4.92. The summed E-state index contributed by atoms with van der Waals surface area (Å²) in [6, 6.07) is 10.5. The smallest absolute Gasteiger partial charge is 0.337 e. The number of rotatable bonds is 4. The van der Waals surface area contributed by atoms with Crippen LogP contribution in [-0.4, -0.2) is 30.9 Å². The maximum absolute atomic E-state index is 11.8. The first-order valence-electron chi connectivity index (χ1n) is 9.05. The molecule has 2 aromatic rings. The van der Waals surface area contributed by atoms with Crippen molar-refractivity contribution >= 4 is 40.6 Å². The van der Waals surface area contributed by atoms with Crippen LogP contribution in [0.4, 0.5) is 5.69 Å². The summed E-state index contributed by atoms with van der Waals surface area (Å²) in [4.78, 5) is 11.8. The number of carbonyl (C=O) groups is 1. The Morgan fingerprint density at radius 2 is 2.00 bits per heavy atom. The Kier molecular flexibility index (Phi) is 6.19. The number of thiocarbonyl (C=S) groups is 1. The number of esters is 1. The number of halogens is 1. The van der Waals surface area contributed by atoms with E-state index in [0.717, 1.165) is 17.1 Å². The molecule has 29 heavy (non-hydrogen) atoms. The van der Waals surface area contributed by atoms with Crippen molar-refractivity contribution in [2.75, 3.05) is 19.5 Å². The Bertz CT molecular complexity index is 948. The molecule has 1 unspecified atom stereocenters. The van der Waals surface area contributed by atoms with Crippen molar-refractivity contribution in [3.63, 3.8) is 0 Å². The van der Waals surface area contributed by atoms with Crippen molar-refractivity contribution in [1.82, 2.24) is 5.32 Å². The van der Waals surface area contributed by atoms with Gasteiger partial charge < -0.3 is 24.8 Å². The summed E-state index contributed by atoms with van der Waals surface area (Å²) in [6.45, 7) is 4.05. The van der Waals surface area contributed by atoms with Gasteiger partial charge in [0.05, 0.1) is 36.5 Å². The largest absolute Gasteiger partial charge is 0.497 e. The van der Waals surface area contributed by atoms with Crippen LogP contribution in [0.2, 0.25) is 5.02 Å². The lowest BCUT2D eigenvalue weighted by molar-refractivity contribution is 0.0600. The van der Waals surface area contributed by atoms with Gasteiger partial charge in [0.25, 0.3) is 0 Å². The molecule has 0 radical (unpaired) electrons. The molecule has 2 N–H and O–H groups in total. The summed E-state index contributed by atoms with van der Waals surface area (Å²) >= 11 is 11.8. The average molecular weight is 435 g/mol. The standard InChI is InChI=1S/C21H23ClN2O4S/c1-21(2)11-17(14-7-6-13(26-3)10-18(14)28-21)24-20(29)23-16-9-12(19(25)27-4)5-8-15(16)22/h5-10,17H,11H2,1-4H3,(H2,23,24,29). The molecular formula is C21H23ClN2O4S. The van der Waals surface area contributed by atoms with E-state index in [1.807, 2.05) is 32.0 Å². The molecular weight excluding hydrogens is 412 g/mol. The number of fused-ring (bicyclic) bond motifs is 1. The van der Waals surface area contributed by atoms with Gasteiger partial charge in [0.15, 0.2) is 5.11 Å². The van der Waals surface area contributed by atoms with E-state index in [2.05, 4.69) is 10.6 Å². The fourth-order valence-electron chi connectivity index (χ4n) is 3.27. The Morgan fingerprint density at radius 1 is 1.24 bits per heavy atom. The lowest BCUT2D eigenvalue weighted by atomic mass is 9.89. The summed E-state index contributed by atoms with van der Waals surface area (Å²) in [5, 5.41) is 7.24. The molecule has 6 nitrogen and oxygen atoms in total. The van der Waals surface area contributed by atoms with Gasteiger partial charge >= 0.3 is 5.97 Å². The molecule has 0 fully saturated rings. The molecule has 1 aliphatic heterocycles. The van der Waals surface area contributed by atoms with Crippen LogP contribution < -0.4 is 20.1 Å². The zero-order chi connectivity index (χ0) is 21.2. The van der Waals surface area contributed by atoms with Crippen molar-refractivity contribution in [3.05, 3.63) is 52.5 Å². The van der Waals surface area contributed by atoms with Gasteiger partial charge in [-0.3, -0.25) is 0 Å². The predicted molar refractivity (Wildman–Crippen MR) is 117 cm³/mol. The first kappa shape index (κ1) is 21.2. The Labute approximate surface area is 180 Å². The van der Waals surface area contributed by atoms with Crippen molar-refractivity contribution in [3.8, 4) is 11.5 Å². The topological polar surface area (TPSA) is 68.8 Å². The maximum Gasteiger partial charge on any atom is 0.337 e. The lowest BCUT2D eigenvalue weighted by Crippen LogP contribution is -2.42. The third-order valence-corrected chi connectivity index (χ3v) is 5.17. The van der Waals surface area contributed by atoms with Crippen LogP contribution in [-0.2, 0) is 4.74 Å². The second-order valence-corrected chi connectivity index (χ2v) is 8.12. The zero-order valence-corrected chi connectivity index (χ0v) is 18.2. The van der Waals surface area contributed by atoms with E-state index in [0.29, 0.717) is 27.8 Å². The monoisotopic (exact) mass is 434 g/mol. The van der Waals surface area contributed by atoms with Crippen LogP contribution >= 0.6 is 23.8 Å². The fourth-order valence-corrected chi connectivity index (χ4v) is 3.69. The van der Waals surface area contributed by atoms with Crippen LogP contribution in [0.3, 0.4) is 0 Å². The number of benzene rings is 2. The minimum Gasteiger partial charge on any atom is -0.497 e. The molecule has 0 saturated carbocycles. The summed E-state index contributed by atoms with van der Waals surface area (Å²) < 4.78 is 16.2. The number of hydrogen-bond acceptors (Lipinski definition) is 5. The van der Waals surface area contributed by atoms with E-state index in [9.17, 15) is 4.79 Å². The molecule has 3 rings (SSSR count). The number of anilines is 1. The molecule has 1 heterocycles. The van der Waals surface area contributed by atoms with Crippen LogP contribution in [0.5, 0.6) is 11.5 Å². The second kappa shape index (κ2) is 8.47. The molecule has 1 aliphatic rings. The van der Waals surface area contributed by atoms with Gasteiger partial charge in [0.2, 0.25) is 0 Å². The third-order valence-electron chi connectivity index (χ3n) is 4.62. The number of nitrogens with one attached hydrogen (secondary N) is 2. The van der Waals surface area contributed by atoms with Crippen LogP contribution in [0.25, 0.3) is 0 Å². The van der Waals surface area contributed by atoms with Crippen molar-refractivity contribution in [2.24, 2.45) is 0 Å². The molecule has 2 aromatic carbocycles. The Hall–Kier alpha value is -2.51. The number of methoxy groups -OCH3 is 2. The minimum absolute atomic E-state index is 0.0674. The van der Waals surface area contributed by atoms with Gasteiger partial charge in [-0.1, -0.05) is 11.6 Å². The summed E-state index contributed by atoms with van der Waals surface area (Å²) in [7, 11) is 2.95. The molecule has 0 spiro atoms. The average Bonchev–Trinajstić information content (AvgIpc) is 2.67. The van der Waals surface area contributed by atoms with Gasteiger partial charge in [-0.05, 0) is 56.4 Å². The first-order valence-corrected chi connectivity index (χ1v) is 9.83. The van der Waals surface area contributed by atoms with Gasteiger partial charge in [0, 0.05) is 18.1 Å². The molecule has 0 saturated heterocycles. The molecule has 1 atom stereocenters. The molecule has 0 bridgehead atoms. The van der Waals surface area contributed by atoms with Crippen LogP contribution in [0.15, 0.2) is 36.4 Å². The highest BCUT2D eigenvalue weighted by atomic mass is 35.5. The van der Waals surface area contributed by atoms with Crippen LogP contribution in [0, 0.1) is 0 Å². The summed E-state index contributed by atoms with van der Waals surface area (Å²) in [5.41, 5.74) is 1.51. The molecule has 0 aromatic heterocycles. The quantitative estimate of drug-likeness (QED) is 0.532. The zero-order valence-electron chi connectivity index (χ0n) is 16.7. The Morgan fingerprint density at radius 3 is 2.69 bits per heavy atom. The predicted octanol–water partition coefficient (Wildman–Crippen LogP) is 4.72. The van der Waals surface area contributed by atoms with E-state index in [1.54, 1.807) is 25.3 Å². The molecule has 0 aliphatic carbocycles. The van der Waals surface area contributed by atoms with Crippen molar-refractivity contribution in [2.45, 2.75) is 31.9 Å². The normalized spacial score (nSPS) is 16.8. The number of hydrogen-bond donors (Lipinski definition) is 2.